The minimum atomic E-state index is -0.271. The summed E-state index contributed by atoms with van der Waals surface area (Å²) >= 11 is 0. The van der Waals surface area contributed by atoms with E-state index < -0.39 is 0 Å². The third-order valence-corrected chi connectivity index (χ3v) is 5.94. The van der Waals surface area contributed by atoms with Gasteiger partial charge in [-0.3, -0.25) is 10.1 Å². The number of benzene rings is 2. The van der Waals surface area contributed by atoms with E-state index in [0.29, 0.717) is 5.56 Å². The monoisotopic (exact) mass is 401 g/mol. The summed E-state index contributed by atoms with van der Waals surface area (Å²) in [5, 5.41) is 15.8. The molecule has 0 bridgehead atoms. The van der Waals surface area contributed by atoms with Gasteiger partial charge in [0.1, 0.15) is 0 Å². The van der Waals surface area contributed by atoms with E-state index in [4.69, 9.17) is 0 Å². The smallest absolute Gasteiger partial charge is 0.270 e. The van der Waals surface area contributed by atoms with Crippen LogP contribution in [0.2, 0.25) is 0 Å². The number of fused-ring (bicyclic) bond motifs is 1. The van der Waals surface area contributed by atoms with Crippen molar-refractivity contribution in [1.82, 2.24) is 20.6 Å². The summed E-state index contributed by atoms with van der Waals surface area (Å²) in [4.78, 5) is 12.2. The highest BCUT2D eigenvalue weighted by Crippen LogP contribution is 2.49. The van der Waals surface area contributed by atoms with Gasteiger partial charge in [0.25, 0.3) is 11.9 Å². The van der Waals surface area contributed by atoms with E-state index in [0.717, 1.165) is 12.0 Å². The number of aromatic amines is 1. The normalized spacial score (nSPS) is 16.9. The maximum absolute atomic E-state index is 12.2. The fourth-order valence-electron chi connectivity index (χ4n) is 4.69. The van der Waals surface area contributed by atoms with Gasteiger partial charge >= 0.3 is 0 Å². The predicted molar refractivity (Wildman–Crippen MR) is 119 cm³/mol. The van der Waals surface area contributed by atoms with Crippen LogP contribution in [-0.4, -0.2) is 26.5 Å². The van der Waals surface area contributed by atoms with Crippen LogP contribution in [0.1, 0.15) is 73.7 Å². The number of H-pyrrole nitrogens is 1. The molecule has 1 aliphatic rings. The second kappa shape index (κ2) is 7.20. The van der Waals surface area contributed by atoms with E-state index in [1.807, 2.05) is 12.1 Å². The molecule has 2 N–H and O–H groups in total. The fraction of sp³-hybridized carbons (Fsp3) is 0.333. The molecule has 1 amide bonds. The molecule has 0 saturated heterocycles. The summed E-state index contributed by atoms with van der Waals surface area (Å²) < 4.78 is 0. The molecule has 6 heteroatoms. The predicted octanol–water partition coefficient (Wildman–Crippen LogP) is 4.97. The van der Waals surface area contributed by atoms with Gasteiger partial charge in [-0.2, -0.15) is 5.21 Å². The van der Waals surface area contributed by atoms with E-state index in [-0.39, 0.29) is 22.7 Å². The largest absolute Gasteiger partial charge is 0.288 e. The van der Waals surface area contributed by atoms with E-state index in [9.17, 15) is 4.79 Å². The molecule has 1 aromatic heterocycles. The summed E-state index contributed by atoms with van der Waals surface area (Å²) in [6.07, 6.45) is 3.31. The van der Waals surface area contributed by atoms with Crippen molar-refractivity contribution in [2.45, 2.75) is 51.9 Å². The number of tetrazole rings is 1. The van der Waals surface area contributed by atoms with Crippen LogP contribution < -0.4 is 5.32 Å². The van der Waals surface area contributed by atoms with E-state index >= 15 is 0 Å². The first-order valence-corrected chi connectivity index (χ1v) is 10.1. The van der Waals surface area contributed by atoms with Gasteiger partial charge in [-0.1, -0.05) is 69.2 Å². The van der Waals surface area contributed by atoms with Gasteiger partial charge in [-0.05, 0) is 69.3 Å². The summed E-state index contributed by atoms with van der Waals surface area (Å²) in [6, 6.07) is 14.3. The first kappa shape index (κ1) is 20.0. The summed E-state index contributed by atoms with van der Waals surface area (Å²) in [6.45, 7) is 11.5. The Hall–Kier alpha value is -3.28. The van der Waals surface area contributed by atoms with Crippen LogP contribution in [0.5, 0.6) is 0 Å². The van der Waals surface area contributed by atoms with Crippen molar-refractivity contribution in [3.8, 4) is 0 Å². The number of hydrogen-bond donors (Lipinski definition) is 2. The number of rotatable bonds is 4. The second-order valence-corrected chi connectivity index (χ2v) is 9.34. The molecule has 0 aliphatic heterocycles. The number of amides is 1. The maximum atomic E-state index is 12.2. The molecule has 0 atom stereocenters. The third kappa shape index (κ3) is 3.77. The molecule has 1 heterocycles. The van der Waals surface area contributed by atoms with Crippen LogP contribution in [0.25, 0.3) is 11.6 Å². The van der Waals surface area contributed by atoms with Crippen LogP contribution >= 0.6 is 0 Å². The molecule has 2 aromatic carbocycles. The molecule has 0 radical (unpaired) electrons. The lowest BCUT2D eigenvalue weighted by Crippen LogP contribution is -2.17. The zero-order chi connectivity index (χ0) is 21.5. The Morgan fingerprint density at radius 1 is 1.00 bits per heavy atom. The molecular formula is C24H27N5O. The molecule has 0 unspecified atom stereocenters. The fourth-order valence-corrected chi connectivity index (χ4v) is 4.69. The van der Waals surface area contributed by atoms with Gasteiger partial charge in [0.2, 0.25) is 0 Å². The van der Waals surface area contributed by atoms with Crippen LogP contribution in [0.4, 0.5) is 5.95 Å². The Balaban J connectivity index is 1.55. The Morgan fingerprint density at radius 3 is 2.33 bits per heavy atom. The maximum Gasteiger partial charge on any atom is 0.270 e. The molecule has 4 rings (SSSR count). The first-order chi connectivity index (χ1) is 14.2. The first-order valence-electron chi connectivity index (χ1n) is 10.1. The molecule has 3 aromatic rings. The number of allylic oxidation sites excluding steroid dienone is 1. The number of aromatic nitrogens is 4. The highest BCUT2D eigenvalue weighted by atomic mass is 16.1. The summed E-state index contributed by atoms with van der Waals surface area (Å²) in [5.74, 6) is -0.116. The topological polar surface area (TPSA) is 83.6 Å². The van der Waals surface area contributed by atoms with Gasteiger partial charge in [-0.25, -0.2) is 0 Å². The standard InChI is InChI=1S/C24H27N5O/c1-15(18-10-11-19-20(13-18)24(4,5)14-23(19,2)3)12-16-6-8-17(9-7-16)21(30)25-22-26-28-29-27-22/h6-13H,14H2,1-5H3,(H2,25,26,27,28,29,30)/b15-12+. The van der Waals surface area contributed by atoms with Gasteiger partial charge < -0.3 is 0 Å². The molecule has 0 fully saturated rings. The molecular weight excluding hydrogens is 374 g/mol. The molecule has 0 spiro atoms. The van der Waals surface area contributed by atoms with Gasteiger partial charge in [0.15, 0.2) is 0 Å². The Labute approximate surface area is 176 Å². The highest BCUT2D eigenvalue weighted by Gasteiger charge is 2.41. The summed E-state index contributed by atoms with van der Waals surface area (Å²) in [7, 11) is 0. The molecule has 30 heavy (non-hydrogen) atoms. The molecule has 154 valence electrons. The number of carbonyl (C=O) groups is 1. The number of anilines is 1. The van der Waals surface area contributed by atoms with Crippen LogP contribution in [0, 0.1) is 0 Å². The van der Waals surface area contributed by atoms with Crippen molar-refractivity contribution in [3.63, 3.8) is 0 Å². The third-order valence-electron chi connectivity index (χ3n) is 5.94. The second-order valence-electron chi connectivity index (χ2n) is 9.34. The Bertz CT molecular complexity index is 1110. The zero-order valence-electron chi connectivity index (χ0n) is 18.1. The Kier molecular flexibility index (Phi) is 4.80. The summed E-state index contributed by atoms with van der Waals surface area (Å²) in [5.41, 5.74) is 7.32. The zero-order valence-corrected chi connectivity index (χ0v) is 18.1. The van der Waals surface area contributed by atoms with Gasteiger partial charge in [-0.15, -0.1) is 5.10 Å². The number of carbonyl (C=O) groups excluding carboxylic acids is 1. The number of nitrogens with one attached hydrogen (secondary N) is 2. The Morgan fingerprint density at radius 2 is 1.67 bits per heavy atom. The lowest BCUT2D eigenvalue weighted by molar-refractivity contribution is 0.102. The SMILES string of the molecule is C/C(=C\c1ccc(C(=O)Nc2nn[nH]n2)cc1)c1ccc2c(c1)C(C)(C)CC2(C)C. The van der Waals surface area contributed by atoms with Crippen molar-refractivity contribution in [2.75, 3.05) is 5.32 Å². The highest BCUT2D eigenvalue weighted by molar-refractivity contribution is 6.03. The number of hydrogen-bond acceptors (Lipinski definition) is 4. The van der Waals surface area contributed by atoms with Gasteiger partial charge in [0, 0.05) is 5.56 Å². The minimum Gasteiger partial charge on any atom is -0.288 e. The average Bonchev–Trinajstić information content (AvgIpc) is 3.26. The van der Waals surface area contributed by atoms with Crippen molar-refractivity contribution in [3.05, 3.63) is 70.3 Å². The molecule has 0 saturated carbocycles. The number of nitrogens with zero attached hydrogens (tertiary/aromatic N) is 3. The van der Waals surface area contributed by atoms with Crippen LogP contribution in [-0.2, 0) is 10.8 Å². The van der Waals surface area contributed by atoms with Crippen molar-refractivity contribution >= 4 is 23.5 Å². The van der Waals surface area contributed by atoms with E-state index in [2.05, 4.69) is 84.8 Å². The lowest BCUT2D eigenvalue weighted by atomic mass is 9.82. The van der Waals surface area contributed by atoms with Gasteiger partial charge in [0.05, 0.1) is 0 Å². The molecule has 1 aliphatic carbocycles. The van der Waals surface area contributed by atoms with Crippen LogP contribution in [0.3, 0.4) is 0 Å². The van der Waals surface area contributed by atoms with Crippen LogP contribution in [0.15, 0.2) is 42.5 Å². The van der Waals surface area contributed by atoms with Crippen molar-refractivity contribution < 1.29 is 4.79 Å². The van der Waals surface area contributed by atoms with E-state index in [1.54, 1.807) is 12.1 Å². The molecule has 6 nitrogen and oxygen atoms in total. The quantitative estimate of drug-likeness (QED) is 0.605. The van der Waals surface area contributed by atoms with Crippen molar-refractivity contribution in [1.29, 1.82) is 0 Å². The minimum absolute atomic E-state index is 0.155. The van der Waals surface area contributed by atoms with Crippen molar-refractivity contribution in [2.24, 2.45) is 0 Å². The average molecular weight is 402 g/mol. The van der Waals surface area contributed by atoms with E-state index in [1.165, 1.54) is 22.3 Å². The lowest BCUT2D eigenvalue weighted by Gasteiger charge is -2.22.